The predicted octanol–water partition coefficient (Wildman–Crippen LogP) is 2.36. The van der Waals surface area contributed by atoms with Gasteiger partial charge >= 0.3 is 0 Å². The van der Waals surface area contributed by atoms with Crippen LogP contribution in [0.3, 0.4) is 0 Å². The van der Waals surface area contributed by atoms with Crippen molar-refractivity contribution in [3.63, 3.8) is 0 Å². The fraction of sp³-hybridized carbons (Fsp3) is 0.250. The normalized spacial score (nSPS) is 11.3. The summed E-state index contributed by atoms with van der Waals surface area (Å²) >= 11 is 12.4. The van der Waals surface area contributed by atoms with Crippen LogP contribution in [0.1, 0.15) is 6.42 Å². The van der Waals surface area contributed by atoms with Crippen LogP contribution in [-0.4, -0.2) is 15.0 Å². The zero-order valence-electron chi connectivity index (χ0n) is 7.46. The van der Waals surface area contributed by atoms with E-state index in [4.69, 9.17) is 29.6 Å². The lowest BCUT2D eigenvalue weighted by Gasteiger charge is -2.02. The van der Waals surface area contributed by atoms with E-state index in [1.54, 1.807) is 0 Å². The summed E-state index contributed by atoms with van der Waals surface area (Å²) < 4.78 is 26.1. The van der Waals surface area contributed by atoms with Crippen molar-refractivity contribution < 1.29 is 8.42 Å². The van der Waals surface area contributed by atoms with Gasteiger partial charge in [0.1, 0.15) is 9.23 Å². The van der Waals surface area contributed by atoms with Gasteiger partial charge < -0.3 is 0 Å². The van der Waals surface area contributed by atoms with E-state index in [1.807, 2.05) is 0 Å². The molecule has 0 amide bonds. The maximum absolute atomic E-state index is 11.6. The Hall–Kier alpha value is -0.250. The highest BCUT2D eigenvalue weighted by Crippen LogP contribution is 2.33. The molecule has 0 unspecified atom stereocenters. The third-order valence-corrected chi connectivity index (χ3v) is 4.69. The van der Waals surface area contributed by atoms with Crippen LogP contribution in [0.5, 0.6) is 0 Å². The molecule has 1 heterocycles. The van der Waals surface area contributed by atoms with Crippen molar-refractivity contribution in [1.29, 1.82) is 0 Å². The quantitative estimate of drug-likeness (QED) is 0.681. The van der Waals surface area contributed by atoms with E-state index in [0.29, 0.717) is 10.8 Å². The van der Waals surface area contributed by atoms with Crippen LogP contribution in [0.2, 0.25) is 8.67 Å². The Morgan fingerprint density at radius 1 is 1.53 bits per heavy atom. The van der Waals surface area contributed by atoms with E-state index in [-0.39, 0.29) is 15.8 Å². The Morgan fingerprint density at radius 2 is 2.20 bits per heavy atom. The summed E-state index contributed by atoms with van der Waals surface area (Å²) in [5.41, 5.74) is 0. The molecule has 0 aliphatic heterocycles. The van der Waals surface area contributed by atoms with Crippen LogP contribution >= 0.6 is 34.5 Å². The van der Waals surface area contributed by atoms with E-state index < -0.39 is 10.0 Å². The molecular formula is C8H7Cl2NO2S2. The van der Waals surface area contributed by atoms with Crippen LogP contribution in [-0.2, 0) is 10.0 Å². The van der Waals surface area contributed by atoms with Crippen LogP contribution in [0.4, 0.5) is 0 Å². The van der Waals surface area contributed by atoms with Crippen molar-refractivity contribution in [1.82, 2.24) is 4.72 Å². The maximum atomic E-state index is 11.6. The van der Waals surface area contributed by atoms with E-state index in [1.165, 1.54) is 6.07 Å². The zero-order valence-corrected chi connectivity index (χ0v) is 10.6. The van der Waals surface area contributed by atoms with Gasteiger partial charge in [0.05, 0.1) is 4.34 Å². The number of sulfonamides is 1. The first-order valence-corrected chi connectivity index (χ1v) is 6.91. The Morgan fingerprint density at radius 3 is 2.67 bits per heavy atom. The number of terminal acetylenes is 1. The molecule has 3 nitrogen and oxygen atoms in total. The molecule has 0 aliphatic rings. The van der Waals surface area contributed by atoms with Crippen molar-refractivity contribution in [3.05, 3.63) is 14.7 Å². The van der Waals surface area contributed by atoms with Crippen molar-refractivity contribution in [2.45, 2.75) is 11.3 Å². The first-order valence-electron chi connectivity index (χ1n) is 3.85. The van der Waals surface area contributed by atoms with Crippen LogP contribution in [0.15, 0.2) is 11.0 Å². The number of halogens is 2. The highest BCUT2D eigenvalue weighted by Gasteiger charge is 2.19. The molecule has 0 fully saturated rings. The largest absolute Gasteiger partial charge is 0.242 e. The Bertz CT molecular complexity index is 487. The topological polar surface area (TPSA) is 46.2 Å². The summed E-state index contributed by atoms with van der Waals surface area (Å²) in [6.45, 7) is 0.183. The second-order valence-electron chi connectivity index (χ2n) is 2.54. The molecular weight excluding hydrogens is 277 g/mol. The molecule has 0 spiro atoms. The predicted molar refractivity (Wildman–Crippen MR) is 63.0 cm³/mol. The molecule has 0 saturated carbocycles. The number of hydrogen-bond acceptors (Lipinski definition) is 3. The monoisotopic (exact) mass is 283 g/mol. The second kappa shape index (κ2) is 5.19. The lowest BCUT2D eigenvalue weighted by Crippen LogP contribution is -2.24. The molecule has 1 aromatic rings. The lowest BCUT2D eigenvalue weighted by atomic mass is 10.5. The van der Waals surface area contributed by atoms with Crippen molar-refractivity contribution >= 4 is 44.6 Å². The molecule has 82 valence electrons. The van der Waals surface area contributed by atoms with Gasteiger partial charge in [-0.25, -0.2) is 13.1 Å². The number of hydrogen-bond donors (Lipinski definition) is 1. The molecule has 0 saturated heterocycles. The summed E-state index contributed by atoms with van der Waals surface area (Å²) in [5.74, 6) is 2.33. The molecule has 1 rings (SSSR count). The van der Waals surface area contributed by atoms with E-state index in [9.17, 15) is 8.42 Å². The fourth-order valence-corrected chi connectivity index (χ4v) is 4.02. The Kier molecular flexibility index (Phi) is 4.44. The zero-order chi connectivity index (χ0) is 11.5. The first-order chi connectivity index (χ1) is 6.97. The van der Waals surface area contributed by atoms with Crippen molar-refractivity contribution in [3.8, 4) is 12.3 Å². The Balaban J connectivity index is 2.87. The molecule has 0 aromatic carbocycles. The molecule has 1 N–H and O–H groups in total. The third kappa shape index (κ3) is 3.37. The van der Waals surface area contributed by atoms with E-state index in [2.05, 4.69) is 10.6 Å². The molecule has 15 heavy (non-hydrogen) atoms. The van der Waals surface area contributed by atoms with Gasteiger partial charge in [0.2, 0.25) is 10.0 Å². The van der Waals surface area contributed by atoms with Crippen LogP contribution < -0.4 is 4.72 Å². The van der Waals surface area contributed by atoms with Crippen molar-refractivity contribution in [2.24, 2.45) is 0 Å². The van der Waals surface area contributed by atoms with Crippen LogP contribution in [0.25, 0.3) is 0 Å². The molecule has 7 heteroatoms. The summed E-state index contributed by atoms with van der Waals surface area (Å²) in [6.07, 6.45) is 5.33. The van der Waals surface area contributed by atoms with Gasteiger partial charge in [-0.05, 0) is 6.07 Å². The average Bonchev–Trinajstić information content (AvgIpc) is 2.46. The molecule has 0 radical (unpaired) electrons. The van der Waals surface area contributed by atoms with Gasteiger partial charge in [0, 0.05) is 13.0 Å². The second-order valence-corrected chi connectivity index (χ2v) is 6.56. The molecule has 0 atom stereocenters. The number of thiophene rings is 1. The highest BCUT2D eigenvalue weighted by molar-refractivity contribution is 7.89. The lowest BCUT2D eigenvalue weighted by molar-refractivity contribution is 0.583. The molecule has 0 bridgehead atoms. The smallest absolute Gasteiger partial charge is 0.210 e. The highest BCUT2D eigenvalue weighted by atomic mass is 35.5. The summed E-state index contributed by atoms with van der Waals surface area (Å²) in [7, 11) is -3.59. The standard InChI is InChI=1S/C8H7Cl2NO2S2/c1-2-3-4-11-15(12,13)6-5-7(9)14-8(6)10/h1,5,11H,3-4H2. The SMILES string of the molecule is C#CCCNS(=O)(=O)c1cc(Cl)sc1Cl. The minimum atomic E-state index is -3.59. The van der Waals surface area contributed by atoms with Gasteiger partial charge in [-0.3, -0.25) is 0 Å². The maximum Gasteiger partial charge on any atom is 0.242 e. The third-order valence-electron chi connectivity index (χ3n) is 1.48. The minimum Gasteiger partial charge on any atom is -0.210 e. The summed E-state index contributed by atoms with van der Waals surface area (Å²) in [5, 5.41) is 0. The summed E-state index contributed by atoms with van der Waals surface area (Å²) in [4.78, 5) is -0.00353. The van der Waals surface area contributed by atoms with Crippen LogP contribution in [0, 0.1) is 12.3 Å². The fourth-order valence-electron chi connectivity index (χ4n) is 0.844. The molecule has 1 aromatic heterocycles. The average molecular weight is 284 g/mol. The summed E-state index contributed by atoms with van der Waals surface area (Å²) in [6, 6.07) is 1.31. The van der Waals surface area contributed by atoms with E-state index in [0.717, 1.165) is 11.3 Å². The van der Waals surface area contributed by atoms with E-state index >= 15 is 0 Å². The first kappa shape index (κ1) is 12.8. The van der Waals surface area contributed by atoms with Crippen molar-refractivity contribution in [2.75, 3.05) is 6.54 Å². The van der Waals surface area contributed by atoms with Gasteiger partial charge in [0.25, 0.3) is 0 Å². The van der Waals surface area contributed by atoms with Gasteiger partial charge in [0.15, 0.2) is 0 Å². The molecule has 0 aliphatic carbocycles. The number of nitrogens with one attached hydrogen (secondary N) is 1. The van der Waals surface area contributed by atoms with Gasteiger partial charge in [-0.15, -0.1) is 23.7 Å². The Labute approximate surface area is 102 Å². The van der Waals surface area contributed by atoms with Gasteiger partial charge in [-0.1, -0.05) is 23.2 Å². The van der Waals surface area contributed by atoms with Gasteiger partial charge in [-0.2, -0.15) is 0 Å². The minimum absolute atomic E-state index is 0.00353. The number of rotatable bonds is 4.